The average Bonchev–Trinajstić information content (AvgIpc) is 2.61. The summed E-state index contributed by atoms with van der Waals surface area (Å²) in [6.07, 6.45) is 3.39. The lowest BCUT2D eigenvalue weighted by Gasteiger charge is -2.13. The molecule has 1 aromatic rings. The second kappa shape index (κ2) is 7.26. The average molecular weight is 254 g/mol. The first kappa shape index (κ1) is 14.8. The fourth-order valence-corrected chi connectivity index (χ4v) is 1.87. The van der Waals surface area contributed by atoms with Crippen LogP contribution in [0.3, 0.4) is 0 Å². The number of aryl methyl sites for hydroxylation is 1. The molecule has 1 rings (SSSR count). The maximum Gasteiger partial charge on any atom is 0.148 e. The minimum atomic E-state index is 0.317. The molecule has 0 aromatic carbocycles. The Morgan fingerprint density at radius 2 is 2.06 bits per heavy atom. The summed E-state index contributed by atoms with van der Waals surface area (Å²) in [5.74, 6) is 0.953. The van der Waals surface area contributed by atoms with Crippen LogP contribution >= 0.6 is 0 Å². The van der Waals surface area contributed by atoms with E-state index in [0.29, 0.717) is 6.04 Å². The highest BCUT2D eigenvalue weighted by Crippen LogP contribution is 2.25. The maximum absolute atomic E-state index is 6.04. The van der Waals surface area contributed by atoms with Crippen LogP contribution < -0.4 is 11.1 Å². The zero-order valence-corrected chi connectivity index (χ0v) is 12.0. The van der Waals surface area contributed by atoms with E-state index < -0.39 is 0 Å². The van der Waals surface area contributed by atoms with Crippen molar-refractivity contribution < 1.29 is 4.74 Å². The first-order valence-corrected chi connectivity index (χ1v) is 6.65. The molecule has 0 spiro atoms. The van der Waals surface area contributed by atoms with E-state index >= 15 is 0 Å². The van der Waals surface area contributed by atoms with E-state index in [4.69, 9.17) is 10.5 Å². The van der Waals surface area contributed by atoms with Gasteiger partial charge in [0, 0.05) is 26.3 Å². The van der Waals surface area contributed by atoms with E-state index in [9.17, 15) is 0 Å². The van der Waals surface area contributed by atoms with Gasteiger partial charge in [-0.05, 0) is 40.0 Å². The van der Waals surface area contributed by atoms with Crippen LogP contribution in [0.25, 0.3) is 0 Å². The molecule has 0 atom stereocenters. The van der Waals surface area contributed by atoms with Crippen LogP contribution in [0.5, 0.6) is 0 Å². The van der Waals surface area contributed by atoms with E-state index in [-0.39, 0.29) is 0 Å². The molecule has 3 N–H and O–H groups in total. The van der Waals surface area contributed by atoms with Gasteiger partial charge in [-0.2, -0.15) is 5.10 Å². The van der Waals surface area contributed by atoms with Crippen LogP contribution in [0.4, 0.5) is 11.5 Å². The van der Waals surface area contributed by atoms with Gasteiger partial charge in [-0.25, -0.2) is 4.68 Å². The summed E-state index contributed by atoms with van der Waals surface area (Å²) in [5.41, 5.74) is 7.70. The molecule has 0 bridgehead atoms. The quantitative estimate of drug-likeness (QED) is 0.700. The second-order valence-corrected chi connectivity index (χ2v) is 4.87. The predicted molar refractivity (Wildman–Crippen MR) is 76.0 cm³/mol. The number of hydrogen-bond acceptors (Lipinski definition) is 4. The lowest BCUT2D eigenvalue weighted by atomic mass is 10.2. The molecule has 0 aliphatic carbocycles. The SMILES string of the molecule is COCCCCCNc1c(N)c(C)nn1C(C)C. The molecule has 0 saturated carbocycles. The minimum absolute atomic E-state index is 0.317. The number of nitrogens with zero attached hydrogens (tertiary/aromatic N) is 2. The summed E-state index contributed by atoms with van der Waals surface area (Å²) in [7, 11) is 1.74. The van der Waals surface area contributed by atoms with Crippen LogP contribution in [0.15, 0.2) is 0 Å². The Balaban J connectivity index is 2.46. The van der Waals surface area contributed by atoms with Gasteiger partial charge in [0.05, 0.1) is 11.4 Å². The van der Waals surface area contributed by atoms with E-state index in [2.05, 4.69) is 24.3 Å². The maximum atomic E-state index is 6.04. The standard InChI is InChI=1S/C13H26N4O/c1-10(2)17-13(12(14)11(3)16-17)15-8-6-5-7-9-18-4/h10,15H,5-9,14H2,1-4H3. The number of unbranched alkanes of at least 4 members (excludes halogenated alkanes) is 2. The zero-order chi connectivity index (χ0) is 13.5. The normalized spacial score (nSPS) is 11.2. The van der Waals surface area contributed by atoms with Crippen LogP contribution in [-0.2, 0) is 4.74 Å². The van der Waals surface area contributed by atoms with Gasteiger partial charge >= 0.3 is 0 Å². The van der Waals surface area contributed by atoms with E-state index in [1.807, 2.05) is 11.6 Å². The highest BCUT2D eigenvalue weighted by atomic mass is 16.5. The number of aromatic nitrogens is 2. The number of ether oxygens (including phenoxy) is 1. The highest BCUT2D eigenvalue weighted by Gasteiger charge is 2.13. The van der Waals surface area contributed by atoms with Crippen LogP contribution in [0, 0.1) is 6.92 Å². The Labute approximate surface area is 110 Å². The molecule has 0 radical (unpaired) electrons. The van der Waals surface area contributed by atoms with Gasteiger partial charge in [-0.15, -0.1) is 0 Å². The number of nitrogen functional groups attached to an aromatic ring is 1. The third-order valence-electron chi connectivity index (χ3n) is 2.94. The molecular formula is C13H26N4O. The molecule has 5 nitrogen and oxygen atoms in total. The molecule has 1 aromatic heterocycles. The van der Waals surface area contributed by atoms with Gasteiger partial charge in [0.2, 0.25) is 0 Å². The highest BCUT2D eigenvalue weighted by molar-refractivity contribution is 5.64. The van der Waals surface area contributed by atoms with E-state index in [0.717, 1.165) is 49.6 Å². The summed E-state index contributed by atoms with van der Waals surface area (Å²) in [6, 6.07) is 0.317. The van der Waals surface area contributed by atoms with Crippen molar-refractivity contribution in [1.29, 1.82) is 0 Å². The van der Waals surface area contributed by atoms with Crippen molar-refractivity contribution in [3.05, 3.63) is 5.69 Å². The lowest BCUT2D eigenvalue weighted by molar-refractivity contribution is 0.192. The monoisotopic (exact) mass is 254 g/mol. The number of nitrogens with two attached hydrogens (primary N) is 1. The minimum Gasteiger partial charge on any atom is -0.394 e. The van der Waals surface area contributed by atoms with E-state index in [1.165, 1.54) is 0 Å². The molecule has 18 heavy (non-hydrogen) atoms. The molecule has 0 amide bonds. The van der Waals surface area contributed by atoms with Crippen molar-refractivity contribution in [2.75, 3.05) is 31.3 Å². The lowest BCUT2D eigenvalue weighted by Crippen LogP contribution is -2.12. The topological polar surface area (TPSA) is 65.1 Å². The number of hydrogen-bond donors (Lipinski definition) is 2. The molecule has 104 valence electrons. The smallest absolute Gasteiger partial charge is 0.148 e. The Bertz CT molecular complexity index is 360. The Hall–Kier alpha value is -1.23. The number of methoxy groups -OCH3 is 1. The van der Waals surface area contributed by atoms with Gasteiger partial charge in [0.25, 0.3) is 0 Å². The summed E-state index contributed by atoms with van der Waals surface area (Å²) in [5, 5.41) is 7.84. The second-order valence-electron chi connectivity index (χ2n) is 4.87. The van der Waals surface area contributed by atoms with Crippen molar-refractivity contribution in [2.45, 2.75) is 46.1 Å². The fraction of sp³-hybridized carbons (Fsp3) is 0.769. The van der Waals surface area contributed by atoms with Crippen LogP contribution in [0.1, 0.15) is 44.8 Å². The molecule has 0 fully saturated rings. The third kappa shape index (κ3) is 3.91. The zero-order valence-electron chi connectivity index (χ0n) is 12.0. The van der Waals surface area contributed by atoms with Gasteiger partial charge < -0.3 is 15.8 Å². The molecule has 0 aliphatic rings. The van der Waals surface area contributed by atoms with E-state index in [1.54, 1.807) is 7.11 Å². The van der Waals surface area contributed by atoms with Crippen molar-refractivity contribution in [2.24, 2.45) is 0 Å². The third-order valence-corrected chi connectivity index (χ3v) is 2.94. The largest absolute Gasteiger partial charge is 0.394 e. The molecule has 5 heteroatoms. The Morgan fingerprint density at radius 3 is 2.67 bits per heavy atom. The molecule has 1 heterocycles. The first-order valence-electron chi connectivity index (χ1n) is 6.65. The van der Waals surface area contributed by atoms with Crippen LogP contribution in [-0.4, -0.2) is 30.0 Å². The summed E-state index contributed by atoms with van der Waals surface area (Å²) >= 11 is 0. The van der Waals surface area contributed by atoms with Gasteiger partial charge in [-0.1, -0.05) is 0 Å². The molecule has 0 saturated heterocycles. The van der Waals surface area contributed by atoms with Gasteiger partial charge in [0.15, 0.2) is 0 Å². The van der Waals surface area contributed by atoms with Crippen molar-refractivity contribution in [3.63, 3.8) is 0 Å². The predicted octanol–water partition coefficient (Wildman–Crippen LogP) is 2.58. The summed E-state index contributed by atoms with van der Waals surface area (Å²) < 4.78 is 6.98. The Kier molecular flexibility index (Phi) is 5.98. The number of rotatable bonds is 8. The fourth-order valence-electron chi connectivity index (χ4n) is 1.87. The van der Waals surface area contributed by atoms with Gasteiger partial charge in [-0.3, -0.25) is 0 Å². The van der Waals surface area contributed by atoms with Gasteiger partial charge in [0.1, 0.15) is 5.82 Å². The van der Waals surface area contributed by atoms with Crippen molar-refractivity contribution >= 4 is 11.5 Å². The molecule has 0 aliphatic heterocycles. The number of nitrogens with one attached hydrogen (secondary N) is 1. The van der Waals surface area contributed by atoms with Crippen molar-refractivity contribution in [3.8, 4) is 0 Å². The van der Waals surface area contributed by atoms with Crippen LogP contribution in [0.2, 0.25) is 0 Å². The summed E-state index contributed by atoms with van der Waals surface area (Å²) in [6.45, 7) is 7.92. The molecular weight excluding hydrogens is 228 g/mol. The Morgan fingerprint density at radius 1 is 1.33 bits per heavy atom. The number of anilines is 2. The molecule has 0 unspecified atom stereocenters. The first-order chi connectivity index (χ1) is 8.57. The van der Waals surface area contributed by atoms with Crippen molar-refractivity contribution in [1.82, 2.24) is 9.78 Å². The summed E-state index contributed by atoms with van der Waals surface area (Å²) in [4.78, 5) is 0.